The van der Waals surface area contributed by atoms with E-state index in [1.165, 1.54) is 62.0 Å². The van der Waals surface area contributed by atoms with E-state index in [2.05, 4.69) is 71.1 Å². The van der Waals surface area contributed by atoms with Crippen LogP contribution in [0.5, 0.6) is 0 Å². The smallest absolute Gasteiger partial charge is 0.140 e. The van der Waals surface area contributed by atoms with Gasteiger partial charge in [-0.25, -0.2) is 9.97 Å². The van der Waals surface area contributed by atoms with Gasteiger partial charge in [0.05, 0.1) is 5.52 Å². The standard InChI is InChI=1S/C28H35N5.C2H6/c1-3-31(2)22-11-12-25-24(19-22)28(30-27(29-25)21-9-10-21)33-17-13-20(14-18-33)23-7-4-5-8-26(23)32-15-6-16-32;1-2/h4-5,7-8,11-12,19-21H,3,6,9-10,13-18H2,1-2H3;1-2H3. The van der Waals surface area contributed by atoms with Crippen LogP contribution in [0.1, 0.15) is 76.1 Å². The van der Waals surface area contributed by atoms with E-state index in [0.717, 1.165) is 36.8 Å². The van der Waals surface area contributed by atoms with E-state index in [1.807, 2.05) is 13.8 Å². The van der Waals surface area contributed by atoms with E-state index in [1.54, 1.807) is 5.56 Å². The number of hydrogen-bond donors (Lipinski definition) is 0. The van der Waals surface area contributed by atoms with Gasteiger partial charge < -0.3 is 14.7 Å². The van der Waals surface area contributed by atoms with Gasteiger partial charge in [0.2, 0.25) is 0 Å². The van der Waals surface area contributed by atoms with Crippen molar-refractivity contribution in [3.05, 3.63) is 53.9 Å². The molecule has 1 saturated carbocycles. The van der Waals surface area contributed by atoms with E-state index < -0.39 is 0 Å². The van der Waals surface area contributed by atoms with E-state index in [9.17, 15) is 0 Å². The molecule has 0 atom stereocenters. The van der Waals surface area contributed by atoms with Crippen LogP contribution in [0.2, 0.25) is 0 Å². The summed E-state index contributed by atoms with van der Waals surface area (Å²) in [6.45, 7) is 11.7. The second kappa shape index (κ2) is 10.4. The Kier molecular flexibility index (Phi) is 7.12. The predicted molar refractivity (Wildman–Crippen MR) is 149 cm³/mol. The van der Waals surface area contributed by atoms with E-state index in [4.69, 9.17) is 9.97 Å². The zero-order valence-corrected chi connectivity index (χ0v) is 22.0. The average molecular weight is 472 g/mol. The zero-order chi connectivity index (χ0) is 24.4. The second-order valence-corrected chi connectivity index (χ2v) is 10.1. The van der Waals surface area contributed by atoms with Crippen molar-refractivity contribution in [2.45, 2.75) is 64.7 Å². The first-order valence-electron chi connectivity index (χ1n) is 13.8. The molecule has 3 heterocycles. The largest absolute Gasteiger partial charge is 0.375 e. The first-order chi connectivity index (χ1) is 17.2. The third kappa shape index (κ3) is 4.82. The molecular formula is C30H41N5. The van der Waals surface area contributed by atoms with E-state index in [0.29, 0.717) is 11.8 Å². The molecule has 3 aromatic rings. The first kappa shape index (κ1) is 23.9. The number of anilines is 3. The minimum Gasteiger partial charge on any atom is -0.375 e. The molecule has 0 unspecified atom stereocenters. The molecule has 0 N–H and O–H groups in total. The fourth-order valence-electron chi connectivity index (χ4n) is 5.38. The monoisotopic (exact) mass is 471 g/mol. The van der Waals surface area contributed by atoms with Crippen molar-refractivity contribution in [3.8, 4) is 0 Å². The van der Waals surface area contributed by atoms with Gasteiger partial charge in [0.1, 0.15) is 11.6 Å². The van der Waals surface area contributed by atoms with Gasteiger partial charge in [-0.2, -0.15) is 0 Å². The molecule has 0 radical (unpaired) electrons. The molecule has 3 fully saturated rings. The summed E-state index contributed by atoms with van der Waals surface area (Å²) in [5, 5.41) is 1.21. The molecule has 5 nitrogen and oxygen atoms in total. The topological polar surface area (TPSA) is 35.5 Å². The van der Waals surface area contributed by atoms with E-state index in [-0.39, 0.29) is 0 Å². The van der Waals surface area contributed by atoms with Crippen molar-refractivity contribution >= 4 is 28.1 Å². The van der Waals surface area contributed by atoms with Crippen molar-refractivity contribution in [2.75, 3.05) is 54.5 Å². The number of hydrogen-bond acceptors (Lipinski definition) is 5. The molecule has 35 heavy (non-hydrogen) atoms. The Morgan fingerprint density at radius 3 is 2.26 bits per heavy atom. The highest BCUT2D eigenvalue weighted by Crippen LogP contribution is 2.42. The number of rotatable bonds is 6. The Morgan fingerprint density at radius 1 is 0.857 bits per heavy atom. The molecule has 1 aromatic heterocycles. The Hall–Kier alpha value is -2.82. The average Bonchev–Trinajstić information content (AvgIpc) is 3.74. The number of nitrogens with zero attached hydrogens (tertiary/aromatic N) is 5. The molecule has 2 saturated heterocycles. The van der Waals surface area contributed by atoms with Crippen LogP contribution in [0.4, 0.5) is 17.2 Å². The van der Waals surface area contributed by atoms with Crippen molar-refractivity contribution in [1.82, 2.24) is 9.97 Å². The molecule has 0 amide bonds. The Balaban J connectivity index is 0.00000124. The molecule has 186 valence electrons. The molecule has 2 aliphatic heterocycles. The minimum absolute atomic E-state index is 0.562. The van der Waals surface area contributed by atoms with Crippen LogP contribution in [0.15, 0.2) is 42.5 Å². The summed E-state index contributed by atoms with van der Waals surface area (Å²) in [7, 11) is 2.15. The molecule has 1 aliphatic carbocycles. The maximum atomic E-state index is 5.17. The quantitative estimate of drug-likeness (QED) is 0.406. The molecule has 0 bridgehead atoms. The molecule has 0 spiro atoms. The Morgan fingerprint density at radius 2 is 1.60 bits per heavy atom. The highest BCUT2D eigenvalue weighted by Gasteiger charge is 2.30. The van der Waals surface area contributed by atoms with Gasteiger partial charge in [-0.05, 0) is 74.8 Å². The van der Waals surface area contributed by atoms with E-state index >= 15 is 0 Å². The summed E-state index contributed by atoms with van der Waals surface area (Å²) in [6, 6.07) is 15.8. The highest BCUT2D eigenvalue weighted by molar-refractivity contribution is 5.92. The summed E-state index contributed by atoms with van der Waals surface area (Å²) in [6.07, 6.45) is 6.16. The maximum Gasteiger partial charge on any atom is 0.140 e. The number of piperidine rings is 1. The van der Waals surface area contributed by atoms with Crippen LogP contribution < -0.4 is 14.7 Å². The normalized spacial score (nSPS) is 18.2. The minimum atomic E-state index is 0.562. The summed E-state index contributed by atoms with van der Waals surface area (Å²) in [5.74, 6) is 3.41. The van der Waals surface area contributed by atoms with Gasteiger partial charge >= 0.3 is 0 Å². The molecular weight excluding hydrogens is 430 g/mol. The van der Waals surface area contributed by atoms with Gasteiger partial charge in [-0.3, -0.25) is 0 Å². The Labute approximate surface area is 211 Å². The van der Waals surface area contributed by atoms with Gasteiger partial charge in [0.15, 0.2) is 0 Å². The van der Waals surface area contributed by atoms with Crippen molar-refractivity contribution in [1.29, 1.82) is 0 Å². The first-order valence-corrected chi connectivity index (χ1v) is 13.8. The van der Waals surface area contributed by atoms with Crippen LogP contribution in [0.25, 0.3) is 10.9 Å². The second-order valence-electron chi connectivity index (χ2n) is 10.1. The lowest BCUT2D eigenvalue weighted by Gasteiger charge is -2.39. The third-order valence-electron chi connectivity index (χ3n) is 7.90. The van der Waals surface area contributed by atoms with Crippen LogP contribution in [0, 0.1) is 0 Å². The van der Waals surface area contributed by atoms with Crippen LogP contribution >= 0.6 is 0 Å². The third-order valence-corrected chi connectivity index (χ3v) is 7.90. The summed E-state index contributed by atoms with van der Waals surface area (Å²) in [4.78, 5) is 17.5. The lowest BCUT2D eigenvalue weighted by atomic mass is 9.87. The summed E-state index contributed by atoms with van der Waals surface area (Å²) < 4.78 is 0. The SMILES string of the molecule is CC.CCN(C)c1ccc2nc(C3CC3)nc(N3CCC(c4ccccc4N4CCC4)CC3)c2c1. The van der Waals surface area contributed by atoms with Gasteiger partial charge in [0.25, 0.3) is 0 Å². The number of benzene rings is 2. The predicted octanol–water partition coefficient (Wildman–Crippen LogP) is 6.58. The van der Waals surface area contributed by atoms with Gasteiger partial charge in [-0.1, -0.05) is 32.0 Å². The van der Waals surface area contributed by atoms with Gasteiger partial charge in [-0.15, -0.1) is 0 Å². The van der Waals surface area contributed by atoms with Gasteiger partial charge in [0, 0.05) is 62.5 Å². The summed E-state index contributed by atoms with van der Waals surface area (Å²) >= 11 is 0. The van der Waals surface area contributed by atoms with Crippen molar-refractivity contribution in [3.63, 3.8) is 0 Å². The van der Waals surface area contributed by atoms with Crippen LogP contribution in [0.3, 0.4) is 0 Å². The maximum absolute atomic E-state index is 5.17. The summed E-state index contributed by atoms with van der Waals surface area (Å²) in [5.41, 5.74) is 5.36. The molecule has 6 rings (SSSR count). The highest BCUT2D eigenvalue weighted by atomic mass is 15.2. The molecule has 3 aliphatic rings. The molecule has 5 heteroatoms. The van der Waals surface area contributed by atoms with Crippen LogP contribution in [-0.4, -0.2) is 49.7 Å². The fraction of sp³-hybridized carbons (Fsp3) is 0.533. The number of para-hydroxylation sites is 1. The lowest BCUT2D eigenvalue weighted by molar-refractivity contribution is 0.499. The lowest BCUT2D eigenvalue weighted by Crippen LogP contribution is -2.39. The Bertz CT molecular complexity index is 1140. The number of fused-ring (bicyclic) bond motifs is 1. The van der Waals surface area contributed by atoms with Crippen molar-refractivity contribution < 1.29 is 0 Å². The fourth-order valence-corrected chi connectivity index (χ4v) is 5.38. The van der Waals surface area contributed by atoms with Crippen molar-refractivity contribution in [2.24, 2.45) is 0 Å². The molecule has 2 aromatic carbocycles. The zero-order valence-electron chi connectivity index (χ0n) is 22.0. The number of aromatic nitrogens is 2. The van der Waals surface area contributed by atoms with Crippen LogP contribution in [-0.2, 0) is 0 Å².